The van der Waals surface area contributed by atoms with Crippen LogP contribution in [0.4, 0.5) is 4.39 Å². The molecule has 1 saturated carbocycles. The lowest BCUT2D eigenvalue weighted by molar-refractivity contribution is -0.119. The Morgan fingerprint density at radius 2 is 1.85 bits per heavy atom. The number of nitrogens with zero attached hydrogens (tertiary/aromatic N) is 1. The van der Waals surface area contributed by atoms with Crippen LogP contribution in [-0.2, 0) is 11.2 Å². The Morgan fingerprint density at radius 3 is 2.50 bits per heavy atom. The molecule has 0 unspecified atom stereocenters. The Balaban J connectivity index is 1.74. The molecule has 110 valence electrons. The lowest BCUT2D eigenvalue weighted by atomic mass is 9.89. The molecule has 0 bridgehead atoms. The van der Waals surface area contributed by atoms with Gasteiger partial charge in [-0.1, -0.05) is 31.4 Å². The standard InChI is InChI=1S/C17H24FNO/c1-19(12-15-5-3-2-4-6-15)13-17(20)11-14-7-9-16(18)10-8-14/h7-10,15H,2-6,11-13H2,1H3. The third-order valence-electron chi connectivity index (χ3n) is 4.06. The molecule has 20 heavy (non-hydrogen) atoms. The zero-order chi connectivity index (χ0) is 14.4. The van der Waals surface area contributed by atoms with Gasteiger partial charge in [0.2, 0.25) is 0 Å². The highest BCUT2D eigenvalue weighted by Gasteiger charge is 2.16. The van der Waals surface area contributed by atoms with Crippen molar-refractivity contribution in [2.24, 2.45) is 5.92 Å². The number of rotatable bonds is 6. The summed E-state index contributed by atoms with van der Waals surface area (Å²) in [6.07, 6.45) is 7.04. The SMILES string of the molecule is CN(CC(=O)Cc1ccc(F)cc1)CC1CCCCC1. The molecule has 0 aromatic heterocycles. The van der Waals surface area contributed by atoms with E-state index in [1.54, 1.807) is 12.1 Å². The van der Waals surface area contributed by atoms with Gasteiger partial charge in [-0.15, -0.1) is 0 Å². The fourth-order valence-electron chi connectivity index (χ4n) is 3.06. The van der Waals surface area contributed by atoms with Gasteiger partial charge in [0.25, 0.3) is 0 Å². The molecule has 1 aromatic carbocycles. The molecule has 1 aromatic rings. The minimum atomic E-state index is -0.254. The first-order valence-corrected chi connectivity index (χ1v) is 7.58. The molecule has 3 heteroatoms. The van der Waals surface area contributed by atoms with Gasteiger partial charge in [-0.05, 0) is 43.5 Å². The van der Waals surface area contributed by atoms with E-state index in [1.807, 2.05) is 7.05 Å². The molecule has 2 nitrogen and oxygen atoms in total. The first-order valence-electron chi connectivity index (χ1n) is 7.58. The quantitative estimate of drug-likeness (QED) is 0.794. The van der Waals surface area contributed by atoms with Gasteiger partial charge >= 0.3 is 0 Å². The van der Waals surface area contributed by atoms with Crippen LogP contribution < -0.4 is 0 Å². The van der Waals surface area contributed by atoms with Crippen LogP contribution in [0.5, 0.6) is 0 Å². The third-order valence-corrected chi connectivity index (χ3v) is 4.06. The number of likely N-dealkylation sites (N-methyl/N-ethyl adjacent to an activating group) is 1. The van der Waals surface area contributed by atoms with Gasteiger partial charge in [0.05, 0.1) is 6.54 Å². The molecule has 0 saturated heterocycles. The van der Waals surface area contributed by atoms with E-state index >= 15 is 0 Å². The average Bonchev–Trinajstić information content (AvgIpc) is 2.42. The van der Waals surface area contributed by atoms with Gasteiger partial charge in [0, 0.05) is 13.0 Å². The minimum absolute atomic E-state index is 0.204. The van der Waals surface area contributed by atoms with Crippen molar-refractivity contribution in [2.45, 2.75) is 38.5 Å². The largest absolute Gasteiger partial charge is 0.299 e. The van der Waals surface area contributed by atoms with Gasteiger partial charge in [-0.25, -0.2) is 4.39 Å². The Labute approximate surface area is 121 Å². The van der Waals surface area contributed by atoms with Crippen molar-refractivity contribution in [1.82, 2.24) is 4.90 Å². The second kappa shape index (κ2) is 7.53. The maximum Gasteiger partial charge on any atom is 0.151 e. The summed E-state index contributed by atoms with van der Waals surface area (Å²) in [4.78, 5) is 14.2. The normalized spacial score (nSPS) is 16.6. The van der Waals surface area contributed by atoms with E-state index in [0.29, 0.717) is 13.0 Å². The van der Waals surface area contributed by atoms with Crippen molar-refractivity contribution in [3.63, 3.8) is 0 Å². The Morgan fingerprint density at radius 1 is 1.20 bits per heavy atom. The first kappa shape index (κ1) is 15.2. The average molecular weight is 277 g/mol. The monoisotopic (exact) mass is 277 g/mol. The molecular weight excluding hydrogens is 253 g/mol. The predicted octanol–water partition coefficient (Wildman–Crippen LogP) is 3.45. The summed E-state index contributed by atoms with van der Waals surface area (Å²) in [6, 6.07) is 6.20. The molecule has 1 aliphatic carbocycles. The molecule has 0 spiro atoms. The minimum Gasteiger partial charge on any atom is -0.299 e. The summed E-state index contributed by atoms with van der Waals surface area (Å²) in [6.45, 7) is 1.52. The van der Waals surface area contributed by atoms with Gasteiger partial charge in [-0.2, -0.15) is 0 Å². The molecular formula is C17H24FNO. The second-order valence-corrected chi connectivity index (χ2v) is 6.04. The van der Waals surface area contributed by atoms with Crippen molar-refractivity contribution in [2.75, 3.05) is 20.1 Å². The topological polar surface area (TPSA) is 20.3 Å². The maximum absolute atomic E-state index is 12.8. The fraction of sp³-hybridized carbons (Fsp3) is 0.588. The van der Waals surface area contributed by atoms with Crippen LogP contribution in [0.2, 0.25) is 0 Å². The van der Waals surface area contributed by atoms with Gasteiger partial charge < -0.3 is 0 Å². The number of hydrogen-bond donors (Lipinski definition) is 0. The Kier molecular flexibility index (Phi) is 5.72. The maximum atomic E-state index is 12.8. The summed E-state index contributed by atoms with van der Waals surface area (Å²) in [5, 5.41) is 0. The van der Waals surface area contributed by atoms with Crippen molar-refractivity contribution in [3.05, 3.63) is 35.6 Å². The van der Waals surface area contributed by atoms with E-state index in [0.717, 1.165) is 18.0 Å². The van der Waals surface area contributed by atoms with Gasteiger partial charge in [0.15, 0.2) is 5.78 Å². The molecule has 1 fully saturated rings. The molecule has 1 aliphatic rings. The smallest absolute Gasteiger partial charge is 0.151 e. The van der Waals surface area contributed by atoms with E-state index in [9.17, 15) is 9.18 Å². The van der Waals surface area contributed by atoms with Gasteiger partial charge in [0.1, 0.15) is 5.82 Å². The Hall–Kier alpha value is -1.22. The summed E-state index contributed by atoms with van der Waals surface area (Å²) < 4.78 is 12.8. The second-order valence-electron chi connectivity index (χ2n) is 6.04. The third kappa shape index (κ3) is 5.04. The summed E-state index contributed by atoms with van der Waals surface area (Å²) in [7, 11) is 2.02. The van der Waals surface area contributed by atoms with Crippen LogP contribution in [0.25, 0.3) is 0 Å². The van der Waals surface area contributed by atoms with Crippen molar-refractivity contribution < 1.29 is 9.18 Å². The lowest BCUT2D eigenvalue weighted by Gasteiger charge is -2.26. The highest BCUT2D eigenvalue weighted by molar-refractivity contribution is 5.82. The molecule has 0 N–H and O–H groups in total. The highest BCUT2D eigenvalue weighted by Crippen LogP contribution is 2.24. The van der Waals surface area contributed by atoms with Crippen LogP contribution >= 0.6 is 0 Å². The fourth-order valence-corrected chi connectivity index (χ4v) is 3.06. The van der Waals surface area contributed by atoms with Gasteiger partial charge in [-0.3, -0.25) is 9.69 Å². The predicted molar refractivity (Wildman–Crippen MR) is 79.2 cm³/mol. The van der Waals surface area contributed by atoms with E-state index < -0.39 is 0 Å². The first-order chi connectivity index (χ1) is 9.63. The molecule has 0 amide bonds. The van der Waals surface area contributed by atoms with Crippen LogP contribution in [0, 0.1) is 11.7 Å². The zero-order valence-electron chi connectivity index (χ0n) is 12.3. The summed E-state index contributed by atoms with van der Waals surface area (Å²) >= 11 is 0. The van der Waals surface area contributed by atoms with E-state index in [1.165, 1.54) is 44.2 Å². The number of hydrogen-bond acceptors (Lipinski definition) is 2. The molecule has 2 rings (SSSR count). The molecule has 0 radical (unpaired) electrons. The number of ketones is 1. The summed E-state index contributed by atoms with van der Waals surface area (Å²) in [5.41, 5.74) is 0.891. The van der Waals surface area contributed by atoms with Crippen LogP contribution in [0.15, 0.2) is 24.3 Å². The highest BCUT2D eigenvalue weighted by atomic mass is 19.1. The number of carbonyl (C=O) groups is 1. The molecule has 0 heterocycles. The number of carbonyl (C=O) groups excluding carboxylic acids is 1. The number of benzene rings is 1. The summed E-state index contributed by atoms with van der Waals surface area (Å²) in [5.74, 6) is 0.706. The number of Topliss-reactive ketones (excluding diaryl/α,β-unsaturated/α-hetero) is 1. The van der Waals surface area contributed by atoms with E-state index in [-0.39, 0.29) is 11.6 Å². The van der Waals surface area contributed by atoms with Crippen LogP contribution in [0.1, 0.15) is 37.7 Å². The van der Waals surface area contributed by atoms with Crippen molar-refractivity contribution in [1.29, 1.82) is 0 Å². The van der Waals surface area contributed by atoms with E-state index in [4.69, 9.17) is 0 Å². The van der Waals surface area contributed by atoms with Crippen LogP contribution in [-0.4, -0.2) is 30.8 Å². The molecule has 0 atom stereocenters. The van der Waals surface area contributed by atoms with Crippen molar-refractivity contribution in [3.8, 4) is 0 Å². The zero-order valence-corrected chi connectivity index (χ0v) is 12.3. The van der Waals surface area contributed by atoms with Crippen LogP contribution in [0.3, 0.4) is 0 Å². The number of halogens is 1. The lowest BCUT2D eigenvalue weighted by Crippen LogP contribution is -2.32. The van der Waals surface area contributed by atoms with E-state index in [2.05, 4.69) is 4.90 Å². The Bertz CT molecular complexity index is 423. The van der Waals surface area contributed by atoms with Crippen molar-refractivity contribution >= 4 is 5.78 Å². The molecule has 0 aliphatic heterocycles.